The van der Waals surface area contributed by atoms with Gasteiger partial charge in [0.15, 0.2) is 0 Å². The number of carbonyl (C=O) groups is 1. The third kappa shape index (κ3) is 3.04. The molecule has 0 saturated carbocycles. The largest absolute Gasteiger partial charge is 0.300 e. The van der Waals surface area contributed by atoms with Crippen LogP contribution in [0.5, 0.6) is 0 Å². The number of hydrogen-bond donors (Lipinski definition) is 0. The number of halogens is 1. The normalized spacial score (nSPS) is 19.5. The summed E-state index contributed by atoms with van der Waals surface area (Å²) in [6, 6.07) is 13.5. The Morgan fingerprint density at radius 1 is 1.13 bits per heavy atom. The Balaban J connectivity index is 2.03. The lowest BCUT2D eigenvalue weighted by Gasteiger charge is -2.22. The summed E-state index contributed by atoms with van der Waals surface area (Å²) in [6.07, 6.45) is 0.170. The molecule has 0 N–H and O–H groups in total. The van der Waals surface area contributed by atoms with Crippen LogP contribution in [0.3, 0.4) is 0 Å². The number of ketones is 1. The van der Waals surface area contributed by atoms with Gasteiger partial charge in [-0.3, -0.25) is 4.79 Å². The van der Waals surface area contributed by atoms with Crippen molar-refractivity contribution in [3.8, 4) is 0 Å². The Kier molecular flexibility index (Phi) is 4.27. The SMILES string of the molecule is CC(=O)C[C@H]1c2ccccc2S(=O)(=O)N1Cc1ccc(Cl)cc1. The molecule has 0 amide bonds. The van der Waals surface area contributed by atoms with Crippen molar-refractivity contribution in [1.82, 2.24) is 4.31 Å². The van der Waals surface area contributed by atoms with Gasteiger partial charge in [-0.2, -0.15) is 4.31 Å². The summed E-state index contributed by atoms with van der Waals surface area (Å²) in [6.45, 7) is 1.69. The lowest BCUT2D eigenvalue weighted by molar-refractivity contribution is -0.117. The van der Waals surface area contributed by atoms with Gasteiger partial charge in [0.1, 0.15) is 5.78 Å². The molecule has 2 aromatic carbocycles. The monoisotopic (exact) mass is 349 g/mol. The van der Waals surface area contributed by atoms with E-state index < -0.39 is 16.1 Å². The molecule has 1 atom stereocenters. The number of fused-ring (bicyclic) bond motifs is 1. The Morgan fingerprint density at radius 3 is 2.43 bits per heavy atom. The standard InChI is InChI=1S/C17H16ClNO3S/c1-12(20)10-16-15-4-2-3-5-17(15)23(21,22)19(16)11-13-6-8-14(18)9-7-13/h2-9,16H,10-11H2,1H3/t16-/m0/s1. The van der Waals surface area contributed by atoms with Crippen LogP contribution in [0.2, 0.25) is 5.02 Å². The molecule has 0 fully saturated rings. The van der Waals surface area contributed by atoms with E-state index in [1.165, 1.54) is 11.2 Å². The maximum absolute atomic E-state index is 12.8. The molecule has 6 heteroatoms. The minimum atomic E-state index is -3.60. The van der Waals surface area contributed by atoms with E-state index in [0.29, 0.717) is 15.5 Å². The zero-order valence-corrected chi connectivity index (χ0v) is 14.1. The van der Waals surface area contributed by atoms with Gasteiger partial charge in [-0.1, -0.05) is 41.9 Å². The molecule has 2 aromatic rings. The summed E-state index contributed by atoms with van der Waals surface area (Å²) in [5, 5.41) is 0.599. The fourth-order valence-electron chi connectivity index (χ4n) is 2.89. The van der Waals surface area contributed by atoms with Crippen LogP contribution in [0, 0.1) is 0 Å². The van der Waals surface area contributed by atoms with Crippen molar-refractivity contribution in [3.63, 3.8) is 0 Å². The van der Waals surface area contributed by atoms with E-state index in [1.807, 2.05) is 0 Å². The third-order valence-electron chi connectivity index (χ3n) is 3.94. The van der Waals surface area contributed by atoms with Crippen molar-refractivity contribution >= 4 is 27.4 Å². The number of Topliss-reactive ketones (excluding diaryl/α,β-unsaturated/α-hetero) is 1. The van der Waals surface area contributed by atoms with Gasteiger partial charge in [-0.05, 0) is 36.2 Å². The molecule has 0 unspecified atom stereocenters. The molecule has 23 heavy (non-hydrogen) atoms. The Hall–Kier alpha value is -1.69. The zero-order valence-electron chi connectivity index (χ0n) is 12.6. The van der Waals surface area contributed by atoms with Crippen molar-refractivity contribution < 1.29 is 13.2 Å². The quantitative estimate of drug-likeness (QED) is 0.848. The Bertz CT molecular complexity index is 846. The molecule has 4 nitrogen and oxygen atoms in total. The van der Waals surface area contributed by atoms with Crippen LogP contribution >= 0.6 is 11.6 Å². The van der Waals surface area contributed by atoms with E-state index in [-0.39, 0.29) is 18.7 Å². The van der Waals surface area contributed by atoms with Crippen LogP contribution in [0.25, 0.3) is 0 Å². The zero-order chi connectivity index (χ0) is 16.6. The lowest BCUT2D eigenvalue weighted by atomic mass is 10.0. The first-order chi connectivity index (χ1) is 10.9. The van der Waals surface area contributed by atoms with E-state index in [0.717, 1.165) is 5.56 Å². The number of nitrogens with zero attached hydrogens (tertiary/aromatic N) is 1. The van der Waals surface area contributed by atoms with Gasteiger partial charge in [0, 0.05) is 18.0 Å². The van der Waals surface area contributed by atoms with Crippen LogP contribution in [0.4, 0.5) is 0 Å². The smallest absolute Gasteiger partial charge is 0.244 e. The van der Waals surface area contributed by atoms with E-state index in [2.05, 4.69) is 0 Å². The third-order valence-corrected chi connectivity index (χ3v) is 6.13. The second-order valence-corrected chi connectivity index (χ2v) is 7.93. The molecule has 120 valence electrons. The van der Waals surface area contributed by atoms with E-state index >= 15 is 0 Å². The van der Waals surface area contributed by atoms with Crippen LogP contribution < -0.4 is 0 Å². The molecular weight excluding hydrogens is 334 g/mol. The molecule has 0 aliphatic carbocycles. The molecule has 1 aliphatic rings. The lowest BCUT2D eigenvalue weighted by Crippen LogP contribution is -2.29. The molecule has 0 spiro atoms. The minimum absolute atomic E-state index is 0.0389. The van der Waals surface area contributed by atoms with Gasteiger partial charge in [0.25, 0.3) is 0 Å². The second kappa shape index (κ2) is 6.07. The van der Waals surface area contributed by atoms with Gasteiger partial charge in [0.05, 0.1) is 10.9 Å². The number of hydrogen-bond acceptors (Lipinski definition) is 3. The van der Waals surface area contributed by atoms with Crippen molar-refractivity contribution in [2.75, 3.05) is 0 Å². The molecule has 1 heterocycles. The van der Waals surface area contributed by atoms with Gasteiger partial charge in [-0.25, -0.2) is 8.42 Å². The highest BCUT2D eigenvalue weighted by Gasteiger charge is 2.42. The van der Waals surface area contributed by atoms with E-state index in [9.17, 15) is 13.2 Å². The summed E-state index contributed by atoms with van der Waals surface area (Å²) < 4.78 is 27.1. The average Bonchev–Trinajstić information content (AvgIpc) is 2.71. The fourth-order valence-corrected chi connectivity index (χ4v) is 4.86. The number of carbonyl (C=O) groups excluding carboxylic acids is 1. The molecule has 3 rings (SSSR count). The summed E-state index contributed by atoms with van der Waals surface area (Å²) >= 11 is 5.88. The van der Waals surface area contributed by atoms with E-state index in [4.69, 9.17) is 11.6 Å². The summed E-state index contributed by atoms with van der Waals surface area (Å²) in [4.78, 5) is 11.9. The Morgan fingerprint density at radius 2 is 1.78 bits per heavy atom. The van der Waals surface area contributed by atoms with Crippen molar-refractivity contribution in [3.05, 3.63) is 64.7 Å². The maximum atomic E-state index is 12.8. The first-order valence-corrected chi connectivity index (χ1v) is 9.06. The van der Waals surface area contributed by atoms with Crippen molar-refractivity contribution in [2.24, 2.45) is 0 Å². The first kappa shape index (κ1) is 16.2. The van der Waals surface area contributed by atoms with Crippen molar-refractivity contribution in [2.45, 2.75) is 30.8 Å². The number of sulfonamides is 1. The molecule has 1 aliphatic heterocycles. The highest BCUT2D eigenvalue weighted by atomic mass is 35.5. The molecule has 0 saturated heterocycles. The summed E-state index contributed by atoms with van der Waals surface area (Å²) in [5.74, 6) is -0.0389. The van der Waals surface area contributed by atoms with Crippen LogP contribution in [0.1, 0.15) is 30.5 Å². The van der Waals surface area contributed by atoms with Crippen LogP contribution in [0.15, 0.2) is 53.4 Å². The summed E-state index contributed by atoms with van der Waals surface area (Å²) in [5.41, 5.74) is 1.52. The predicted molar refractivity (Wildman–Crippen MR) is 88.7 cm³/mol. The molecule has 0 bridgehead atoms. The van der Waals surface area contributed by atoms with Crippen LogP contribution in [-0.2, 0) is 21.4 Å². The average molecular weight is 350 g/mol. The molecule has 0 radical (unpaired) electrons. The van der Waals surface area contributed by atoms with Gasteiger partial charge in [0.2, 0.25) is 10.0 Å². The molecular formula is C17H16ClNO3S. The summed E-state index contributed by atoms with van der Waals surface area (Å²) in [7, 11) is -3.60. The fraction of sp³-hybridized carbons (Fsp3) is 0.235. The highest BCUT2D eigenvalue weighted by Crippen LogP contribution is 2.42. The topological polar surface area (TPSA) is 54.5 Å². The van der Waals surface area contributed by atoms with Crippen LogP contribution in [-0.4, -0.2) is 18.5 Å². The highest BCUT2D eigenvalue weighted by molar-refractivity contribution is 7.89. The van der Waals surface area contributed by atoms with Crippen molar-refractivity contribution in [1.29, 1.82) is 0 Å². The number of rotatable bonds is 4. The van der Waals surface area contributed by atoms with Gasteiger partial charge in [-0.15, -0.1) is 0 Å². The molecule has 0 aromatic heterocycles. The first-order valence-electron chi connectivity index (χ1n) is 7.24. The maximum Gasteiger partial charge on any atom is 0.244 e. The van der Waals surface area contributed by atoms with Gasteiger partial charge >= 0.3 is 0 Å². The second-order valence-electron chi connectivity index (χ2n) is 5.64. The predicted octanol–water partition coefficient (Wildman–Crippen LogP) is 3.56. The van der Waals surface area contributed by atoms with Gasteiger partial charge < -0.3 is 0 Å². The number of benzene rings is 2. The Labute approximate surface area is 140 Å². The van der Waals surface area contributed by atoms with E-state index in [1.54, 1.807) is 48.5 Å². The minimum Gasteiger partial charge on any atom is -0.300 e.